The molecule has 96 valence electrons. The lowest BCUT2D eigenvalue weighted by atomic mass is 9.96. The van der Waals surface area contributed by atoms with Gasteiger partial charge in [0.05, 0.1) is 11.6 Å². The number of rotatable bonds is 6. The van der Waals surface area contributed by atoms with Crippen LogP contribution in [-0.4, -0.2) is 13.7 Å². The molecule has 3 heteroatoms. The third-order valence-electron chi connectivity index (χ3n) is 2.82. The van der Waals surface area contributed by atoms with Gasteiger partial charge in [-0.1, -0.05) is 26.8 Å². The van der Waals surface area contributed by atoms with Crippen LogP contribution in [-0.2, 0) is 0 Å². The molecule has 1 unspecified atom stereocenters. The molecule has 1 N–H and O–H groups in total. The minimum atomic E-state index is 0.400. The van der Waals surface area contributed by atoms with Gasteiger partial charge in [0.2, 0.25) is 0 Å². The molecular formula is C14H22BrNO. The van der Waals surface area contributed by atoms with E-state index in [1.807, 2.05) is 6.07 Å². The van der Waals surface area contributed by atoms with Gasteiger partial charge in [-0.15, -0.1) is 0 Å². The van der Waals surface area contributed by atoms with E-state index in [2.05, 4.69) is 54.2 Å². The quantitative estimate of drug-likeness (QED) is 0.852. The number of benzene rings is 1. The van der Waals surface area contributed by atoms with Gasteiger partial charge in [0.15, 0.2) is 0 Å². The third kappa shape index (κ3) is 4.00. The molecule has 0 aliphatic rings. The standard InChI is InChI=1S/C14H22BrNO/c1-5-8-16-14(10(2)3)11-6-7-13(17-4)12(15)9-11/h6-7,9-10,14,16H,5,8H2,1-4H3. The van der Waals surface area contributed by atoms with E-state index in [9.17, 15) is 0 Å². The molecule has 17 heavy (non-hydrogen) atoms. The van der Waals surface area contributed by atoms with Gasteiger partial charge in [-0.05, 0) is 52.5 Å². The van der Waals surface area contributed by atoms with E-state index in [0.29, 0.717) is 12.0 Å². The maximum Gasteiger partial charge on any atom is 0.133 e. The predicted octanol–water partition coefficient (Wildman–Crippen LogP) is 4.15. The summed E-state index contributed by atoms with van der Waals surface area (Å²) in [5, 5.41) is 3.59. The Labute approximate surface area is 113 Å². The minimum Gasteiger partial charge on any atom is -0.496 e. The Morgan fingerprint density at radius 3 is 2.53 bits per heavy atom. The Kier molecular flexibility index (Phi) is 6.00. The second-order valence-corrected chi connectivity index (χ2v) is 5.42. The van der Waals surface area contributed by atoms with Crippen molar-refractivity contribution in [3.05, 3.63) is 28.2 Å². The average molecular weight is 300 g/mol. The SMILES string of the molecule is CCCNC(c1ccc(OC)c(Br)c1)C(C)C. The van der Waals surface area contributed by atoms with E-state index in [0.717, 1.165) is 23.2 Å². The highest BCUT2D eigenvalue weighted by molar-refractivity contribution is 9.10. The molecule has 0 aromatic heterocycles. The first-order valence-electron chi connectivity index (χ1n) is 6.17. The van der Waals surface area contributed by atoms with Crippen LogP contribution in [0.2, 0.25) is 0 Å². The van der Waals surface area contributed by atoms with E-state index in [-0.39, 0.29) is 0 Å². The molecule has 0 spiro atoms. The van der Waals surface area contributed by atoms with Crippen LogP contribution in [0.25, 0.3) is 0 Å². The highest BCUT2D eigenvalue weighted by atomic mass is 79.9. The molecule has 1 rings (SSSR count). The highest BCUT2D eigenvalue weighted by Gasteiger charge is 2.15. The van der Waals surface area contributed by atoms with Crippen LogP contribution in [0.5, 0.6) is 5.75 Å². The number of hydrogen-bond donors (Lipinski definition) is 1. The monoisotopic (exact) mass is 299 g/mol. The largest absolute Gasteiger partial charge is 0.496 e. The summed E-state index contributed by atoms with van der Waals surface area (Å²) in [5.41, 5.74) is 1.31. The van der Waals surface area contributed by atoms with Crippen molar-refractivity contribution >= 4 is 15.9 Å². The van der Waals surface area contributed by atoms with Crippen molar-refractivity contribution in [3.63, 3.8) is 0 Å². The maximum absolute atomic E-state index is 5.25. The van der Waals surface area contributed by atoms with Crippen molar-refractivity contribution in [2.75, 3.05) is 13.7 Å². The summed E-state index contributed by atoms with van der Waals surface area (Å²) >= 11 is 3.54. The molecule has 0 saturated heterocycles. The number of halogens is 1. The summed E-state index contributed by atoms with van der Waals surface area (Å²) in [6.07, 6.45) is 1.15. The van der Waals surface area contributed by atoms with Crippen LogP contribution in [0.15, 0.2) is 22.7 Å². The number of ether oxygens (including phenoxy) is 1. The van der Waals surface area contributed by atoms with Crippen molar-refractivity contribution in [2.45, 2.75) is 33.2 Å². The fourth-order valence-electron chi connectivity index (χ4n) is 1.91. The fraction of sp³-hybridized carbons (Fsp3) is 0.571. The van der Waals surface area contributed by atoms with Crippen molar-refractivity contribution < 1.29 is 4.74 Å². The molecule has 1 aromatic rings. The first-order valence-corrected chi connectivity index (χ1v) is 6.96. The van der Waals surface area contributed by atoms with Crippen LogP contribution in [0.3, 0.4) is 0 Å². The van der Waals surface area contributed by atoms with Gasteiger partial charge >= 0.3 is 0 Å². The molecule has 0 saturated carbocycles. The van der Waals surface area contributed by atoms with Gasteiger partial charge in [-0.2, -0.15) is 0 Å². The summed E-state index contributed by atoms with van der Waals surface area (Å²) in [4.78, 5) is 0. The summed E-state index contributed by atoms with van der Waals surface area (Å²) < 4.78 is 6.27. The average Bonchev–Trinajstić information content (AvgIpc) is 2.29. The second kappa shape index (κ2) is 7.02. The van der Waals surface area contributed by atoms with Crippen molar-refractivity contribution in [1.82, 2.24) is 5.32 Å². The Morgan fingerprint density at radius 1 is 1.35 bits per heavy atom. The molecule has 0 fully saturated rings. The van der Waals surface area contributed by atoms with E-state index in [1.54, 1.807) is 7.11 Å². The maximum atomic E-state index is 5.25. The van der Waals surface area contributed by atoms with Crippen LogP contribution in [0, 0.1) is 5.92 Å². The van der Waals surface area contributed by atoms with Crippen molar-refractivity contribution in [2.24, 2.45) is 5.92 Å². The Bertz CT molecular complexity index is 352. The van der Waals surface area contributed by atoms with Gasteiger partial charge < -0.3 is 10.1 Å². The second-order valence-electron chi connectivity index (χ2n) is 4.57. The lowest BCUT2D eigenvalue weighted by Crippen LogP contribution is -2.26. The lowest BCUT2D eigenvalue weighted by Gasteiger charge is -2.23. The van der Waals surface area contributed by atoms with E-state index in [1.165, 1.54) is 5.56 Å². The smallest absolute Gasteiger partial charge is 0.133 e. The molecule has 1 atom stereocenters. The Morgan fingerprint density at radius 2 is 2.06 bits per heavy atom. The first-order chi connectivity index (χ1) is 8.10. The third-order valence-corrected chi connectivity index (χ3v) is 3.44. The highest BCUT2D eigenvalue weighted by Crippen LogP contribution is 2.30. The molecule has 0 amide bonds. The van der Waals surface area contributed by atoms with Gasteiger partial charge in [0, 0.05) is 6.04 Å². The number of nitrogens with one attached hydrogen (secondary N) is 1. The van der Waals surface area contributed by atoms with Gasteiger partial charge in [-0.3, -0.25) is 0 Å². The summed E-state index contributed by atoms with van der Waals surface area (Å²) in [7, 11) is 1.69. The zero-order valence-electron chi connectivity index (χ0n) is 11.1. The van der Waals surface area contributed by atoms with Gasteiger partial charge in [0.1, 0.15) is 5.75 Å². The Hall–Kier alpha value is -0.540. The fourth-order valence-corrected chi connectivity index (χ4v) is 2.47. The van der Waals surface area contributed by atoms with Gasteiger partial charge in [-0.25, -0.2) is 0 Å². The topological polar surface area (TPSA) is 21.3 Å². The zero-order chi connectivity index (χ0) is 12.8. The van der Waals surface area contributed by atoms with E-state index in [4.69, 9.17) is 4.74 Å². The minimum absolute atomic E-state index is 0.400. The summed E-state index contributed by atoms with van der Waals surface area (Å²) in [6.45, 7) is 7.72. The number of methoxy groups -OCH3 is 1. The summed E-state index contributed by atoms with van der Waals surface area (Å²) in [5.74, 6) is 1.45. The van der Waals surface area contributed by atoms with Crippen LogP contribution in [0.4, 0.5) is 0 Å². The van der Waals surface area contributed by atoms with Crippen LogP contribution < -0.4 is 10.1 Å². The van der Waals surface area contributed by atoms with E-state index >= 15 is 0 Å². The molecule has 0 radical (unpaired) electrons. The normalized spacial score (nSPS) is 12.8. The lowest BCUT2D eigenvalue weighted by molar-refractivity contribution is 0.404. The van der Waals surface area contributed by atoms with Gasteiger partial charge in [0.25, 0.3) is 0 Å². The Balaban J connectivity index is 2.90. The molecule has 0 heterocycles. The van der Waals surface area contributed by atoms with Crippen LogP contribution >= 0.6 is 15.9 Å². The molecular weight excluding hydrogens is 278 g/mol. The van der Waals surface area contributed by atoms with Crippen molar-refractivity contribution in [3.8, 4) is 5.75 Å². The van der Waals surface area contributed by atoms with E-state index < -0.39 is 0 Å². The van der Waals surface area contributed by atoms with Crippen molar-refractivity contribution in [1.29, 1.82) is 0 Å². The summed E-state index contributed by atoms with van der Waals surface area (Å²) in [6, 6.07) is 6.70. The molecule has 0 bridgehead atoms. The molecule has 2 nitrogen and oxygen atoms in total. The molecule has 0 aliphatic carbocycles. The first kappa shape index (κ1) is 14.5. The number of hydrogen-bond acceptors (Lipinski definition) is 2. The predicted molar refractivity (Wildman–Crippen MR) is 76.6 cm³/mol. The molecule has 0 aliphatic heterocycles. The molecule has 1 aromatic carbocycles. The zero-order valence-corrected chi connectivity index (χ0v) is 12.7. The van der Waals surface area contributed by atoms with Crippen LogP contribution in [0.1, 0.15) is 38.8 Å².